The molecule has 1 unspecified atom stereocenters. The molecule has 0 aliphatic heterocycles. The number of hydrogen-bond donors (Lipinski definition) is 1. The van der Waals surface area contributed by atoms with Crippen molar-refractivity contribution in [2.24, 2.45) is 5.92 Å². The van der Waals surface area contributed by atoms with Crippen LogP contribution in [0.3, 0.4) is 0 Å². The molecule has 1 atom stereocenters. The lowest BCUT2D eigenvalue weighted by Gasteiger charge is -2.34. The van der Waals surface area contributed by atoms with Gasteiger partial charge < -0.3 is 5.11 Å². The van der Waals surface area contributed by atoms with Gasteiger partial charge in [0, 0.05) is 10.9 Å². The van der Waals surface area contributed by atoms with Crippen molar-refractivity contribution in [3.05, 3.63) is 33.8 Å². The van der Waals surface area contributed by atoms with E-state index in [4.69, 9.17) is 0 Å². The molecule has 1 N–H and O–H groups in total. The number of halogens is 1. The third-order valence-corrected chi connectivity index (χ3v) is 4.23. The monoisotopic (exact) mass is 296 g/mol. The van der Waals surface area contributed by atoms with Gasteiger partial charge in [0.05, 0.1) is 5.60 Å². The fraction of sp³-hybridized carbons (Fsp3) is 0.600. The number of fused-ring (bicyclic) bond motifs is 1. The first-order valence-electron chi connectivity index (χ1n) is 6.48. The van der Waals surface area contributed by atoms with Crippen molar-refractivity contribution in [2.45, 2.75) is 51.6 Å². The highest BCUT2D eigenvalue weighted by Gasteiger charge is 2.31. The Bertz CT molecular complexity index is 400. The van der Waals surface area contributed by atoms with Crippen molar-refractivity contribution in [1.82, 2.24) is 0 Å². The summed E-state index contributed by atoms with van der Waals surface area (Å²) < 4.78 is 1.14. The molecule has 2 heteroatoms. The number of benzene rings is 1. The standard InChI is InChI=1S/C15H21BrO/c1-11(2)5-7-15(17)8-6-12-9-14(16)4-3-13(12)10-15/h3-4,9,11,17H,5-8,10H2,1-2H3. The van der Waals surface area contributed by atoms with Gasteiger partial charge in [0.15, 0.2) is 0 Å². The molecule has 17 heavy (non-hydrogen) atoms. The number of rotatable bonds is 3. The fourth-order valence-corrected chi connectivity index (χ4v) is 2.99. The zero-order valence-electron chi connectivity index (χ0n) is 10.7. The van der Waals surface area contributed by atoms with Crippen LogP contribution in [0.1, 0.15) is 44.2 Å². The largest absolute Gasteiger partial charge is 0.390 e. The molecule has 1 aromatic carbocycles. The minimum atomic E-state index is -0.467. The maximum Gasteiger partial charge on any atom is 0.0691 e. The van der Waals surface area contributed by atoms with E-state index in [9.17, 15) is 5.11 Å². The molecule has 0 saturated carbocycles. The van der Waals surface area contributed by atoms with Gasteiger partial charge >= 0.3 is 0 Å². The van der Waals surface area contributed by atoms with Crippen molar-refractivity contribution in [3.63, 3.8) is 0 Å². The number of aliphatic hydroxyl groups is 1. The third-order valence-electron chi connectivity index (χ3n) is 3.73. The summed E-state index contributed by atoms with van der Waals surface area (Å²) in [7, 11) is 0. The van der Waals surface area contributed by atoms with E-state index in [1.54, 1.807) is 0 Å². The topological polar surface area (TPSA) is 20.2 Å². The van der Waals surface area contributed by atoms with Crippen LogP contribution >= 0.6 is 15.9 Å². The van der Waals surface area contributed by atoms with E-state index in [0.29, 0.717) is 5.92 Å². The molecule has 0 amide bonds. The second-order valence-corrected chi connectivity index (χ2v) is 6.66. The Hall–Kier alpha value is -0.340. The van der Waals surface area contributed by atoms with Crippen molar-refractivity contribution in [1.29, 1.82) is 0 Å². The van der Waals surface area contributed by atoms with Crippen LogP contribution in [0.2, 0.25) is 0 Å². The van der Waals surface area contributed by atoms with Crippen LogP contribution in [0, 0.1) is 5.92 Å². The summed E-state index contributed by atoms with van der Waals surface area (Å²) in [6.45, 7) is 4.44. The first-order valence-corrected chi connectivity index (χ1v) is 7.27. The second-order valence-electron chi connectivity index (χ2n) is 5.75. The Morgan fingerprint density at radius 3 is 2.82 bits per heavy atom. The van der Waals surface area contributed by atoms with Gasteiger partial charge in [0.1, 0.15) is 0 Å². The molecule has 1 aromatic rings. The summed E-state index contributed by atoms with van der Waals surface area (Å²) in [6.07, 6.45) is 4.78. The summed E-state index contributed by atoms with van der Waals surface area (Å²) in [5, 5.41) is 10.6. The van der Waals surface area contributed by atoms with Crippen molar-refractivity contribution < 1.29 is 5.11 Å². The van der Waals surface area contributed by atoms with E-state index in [0.717, 1.165) is 36.6 Å². The summed E-state index contributed by atoms with van der Waals surface area (Å²) in [4.78, 5) is 0. The molecular formula is C15H21BrO. The minimum Gasteiger partial charge on any atom is -0.390 e. The molecule has 2 rings (SSSR count). The van der Waals surface area contributed by atoms with Crippen LogP contribution in [0.4, 0.5) is 0 Å². The lowest BCUT2D eigenvalue weighted by Crippen LogP contribution is -2.36. The van der Waals surface area contributed by atoms with Crippen LogP contribution in [-0.2, 0) is 12.8 Å². The summed E-state index contributed by atoms with van der Waals surface area (Å²) in [5.41, 5.74) is 2.25. The Labute approximate surface area is 112 Å². The highest BCUT2D eigenvalue weighted by molar-refractivity contribution is 9.10. The highest BCUT2D eigenvalue weighted by atomic mass is 79.9. The first kappa shape index (κ1) is 13.1. The molecule has 1 aliphatic rings. The van der Waals surface area contributed by atoms with Gasteiger partial charge in [-0.15, -0.1) is 0 Å². The lowest BCUT2D eigenvalue weighted by atomic mass is 9.77. The van der Waals surface area contributed by atoms with E-state index in [-0.39, 0.29) is 0 Å². The maximum absolute atomic E-state index is 10.6. The van der Waals surface area contributed by atoms with Gasteiger partial charge in [-0.2, -0.15) is 0 Å². The smallest absolute Gasteiger partial charge is 0.0691 e. The second kappa shape index (κ2) is 5.11. The molecular weight excluding hydrogens is 276 g/mol. The SMILES string of the molecule is CC(C)CCC1(O)CCc2cc(Br)ccc2C1. The Morgan fingerprint density at radius 2 is 2.12 bits per heavy atom. The summed E-state index contributed by atoms with van der Waals surface area (Å²) in [5.74, 6) is 0.672. The van der Waals surface area contributed by atoms with Gasteiger partial charge in [-0.05, 0) is 54.9 Å². The first-order chi connectivity index (χ1) is 7.98. The van der Waals surface area contributed by atoms with Crippen LogP contribution in [0.25, 0.3) is 0 Å². The highest BCUT2D eigenvalue weighted by Crippen LogP contribution is 2.34. The summed E-state index contributed by atoms with van der Waals surface area (Å²) >= 11 is 3.51. The minimum absolute atomic E-state index is 0.467. The van der Waals surface area contributed by atoms with Crippen LogP contribution in [-0.4, -0.2) is 10.7 Å². The normalized spacial score (nSPS) is 23.8. The molecule has 0 saturated heterocycles. The van der Waals surface area contributed by atoms with E-state index in [2.05, 4.69) is 48.0 Å². The average Bonchev–Trinajstić information content (AvgIpc) is 2.27. The van der Waals surface area contributed by atoms with Gasteiger partial charge in [-0.3, -0.25) is 0 Å². The van der Waals surface area contributed by atoms with Gasteiger partial charge in [0.25, 0.3) is 0 Å². The molecule has 0 radical (unpaired) electrons. The Kier molecular flexibility index (Phi) is 3.94. The van der Waals surface area contributed by atoms with Crippen molar-refractivity contribution >= 4 is 15.9 Å². The average molecular weight is 297 g/mol. The molecule has 94 valence electrons. The molecule has 0 aromatic heterocycles. The van der Waals surface area contributed by atoms with Crippen LogP contribution in [0.5, 0.6) is 0 Å². The van der Waals surface area contributed by atoms with Crippen molar-refractivity contribution in [2.75, 3.05) is 0 Å². The van der Waals surface area contributed by atoms with E-state index < -0.39 is 5.60 Å². The maximum atomic E-state index is 10.6. The molecule has 1 aliphatic carbocycles. The van der Waals surface area contributed by atoms with Gasteiger partial charge in [0.2, 0.25) is 0 Å². The fourth-order valence-electron chi connectivity index (χ4n) is 2.58. The van der Waals surface area contributed by atoms with Gasteiger partial charge in [-0.25, -0.2) is 0 Å². The molecule has 0 fully saturated rings. The van der Waals surface area contributed by atoms with Crippen LogP contribution < -0.4 is 0 Å². The van der Waals surface area contributed by atoms with Gasteiger partial charge in [-0.1, -0.05) is 35.8 Å². The quantitative estimate of drug-likeness (QED) is 0.890. The Morgan fingerprint density at radius 1 is 1.35 bits per heavy atom. The van der Waals surface area contributed by atoms with Crippen LogP contribution in [0.15, 0.2) is 22.7 Å². The molecule has 0 spiro atoms. The Balaban J connectivity index is 2.09. The number of aryl methyl sites for hydroxylation is 1. The zero-order chi connectivity index (χ0) is 12.5. The summed E-state index contributed by atoms with van der Waals surface area (Å²) in [6, 6.07) is 6.42. The third kappa shape index (κ3) is 3.32. The van der Waals surface area contributed by atoms with Crippen molar-refractivity contribution in [3.8, 4) is 0 Å². The van der Waals surface area contributed by atoms with E-state index >= 15 is 0 Å². The van der Waals surface area contributed by atoms with E-state index in [1.807, 2.05) is 0 Å². The lowest BCUT2D eigenvalue weighted by molar-refractivity contribution is 0.0131. The zero-order valence-corrected chi connectivity index (χ0v) is 12.3. The molecule has 1 nitrogen and oxygen atoms in total. The molecule has 0 bridgehead atoms. The number of hydrogen-bond acceptors (Lipinski definition) is 1. The van der Waals surface area contributed by atoms with E-state index in [1.165, 1.54) is 11.1 Å². The predicted octanol–water partition coefficient (Wildman–Crippen LogP) is 4.11. The predicted molar refractivity (Wildman–Crippen MR) is 75.2 cm³/mol. The molecule has 0 heterocycles.